The molecule has 0 saturated heterocycles. The van der Waals surface area contributed by atoms with Gasteiger partial charge in [-0.1, -0.05) is 24.6 Å². The smallest absolute Gasteiger partial charge is 0.375 e. The molecule has 5 nitrogen and oxygen atoms in total. The van der Waals surface area contributed by atoms with Crippen molar-refractivity contribution in [2.75, 3.05) is 0 Å². The van der Waals surface area contributed by atoms with Gasteiger partial charge in [-0.15, -0.1) is 5.10 Å². The lowest BCUT2D eigenvalue weighted by Crippen LogP contribution is -2.05. The molecule has 0 unspecified atom stereocenters. The minimum absolute atomic E-state index is 0.0538. The third-order valence-electron chi connectivity index (χ3n) is 2.34. The maximum Gasteiger partial charge on any atom is 0.375 e. The Morgan fingerprint density at radius 2 is 2.28 bits per heavy atom. The van der Waals surface area contributed by atoms with E-state index in [1.54, 1.807) is 13.0 Å². The molecule has 18 heavy (non-hydrogen) atoms. The molecule has 7 heteroatoms. The molecule has 0 atom stereocenters. The van der Waals surface area contributed by atoms with Gasteiger partial charge < -0.3 is 5.11 Å². The zero-order valence-corrected chi connectivity index (χ0v) is 10.1. The van der Waals surface area contributed by atoms with Crippen LogP contribution in [0.5, 0.6) is 0 Å². The van der Waals surface area contributed by atoms with Gasteiger partial charge in [0.15, 0.2) is 5.82 Å². The summed E-state index contributed by atoms with van der Waals surface area (Å²) in [6.45, 7) is 1.77. The molecule has 0 saturated carbocycles. The summed E-state index contributed by atoms with van der Waals surface area (Å²) in [5, 5.41) is 12.5. The molecule has 1 aromatic heterocycles. The van der Waals surface area contributed by atoms with Gasteiger partial charge in [0, 0.05) is 6.42 Å². The van der Waals surface area contributed by atoms with Crippen molar-refractivity contribution in [2.24, 2.45) is 0 Å². The van der Waals surface area contributed by atoms with E-state index in [9.17, 15) is 9.18 Å². The lowest BCUT2D eigenvalue weighted by atomic mass is 10.3. The van der Waals surface area contributed by atoms with Gasteiger partial charge in [-0.05, 0) is 12.1 Å². The van der Waals surface area contributed by atoms with E-state index in [4.69, 9.17) is 16.7 Å². The highest BCUT2D eigenvalue weighted by atomic mass is 35.5. The van der Waals surface area contributed by atoms with Crippen LogP contribution in [0.1, 0.15) is 23.4 Å². The van der Waals surface area contributed by atoms with Crippen LogP contribution in [0.3, 0.4) is 0 Å². The number of carbonyl (C=O) groups is 1. The first-order chi connectivity index (χ1) is 8.54. The normalized spacial score (nSPS) is 10.6. The number of hydrogen-bond donors (Lipinski definition) is 1. The number of carboxylic acid groups (broad SMARTS) is 1. The highest BCUT2D eigenvalue weighted by Crippen LogP contribution is 2.21. The van der Waals surface area contributed by atoms with E-state index in [1.165, 1.54) is 12.1 Å². The first-order valence-corrected chi connectivity index (χ1v) is 5.56. The topological polar surface area (TPSA) is 68.0 Å². The van der Waals surface area contributed by atoms with Gasteiger partial charge in [-0.25, -0.2) is 18.9 Å². The van der Waals surface area contributed by atoms with E-state index in [0.29, 0.717) is 12.2 Å². The van der Waals surface area contributed by atoms with Crippen molar-refractivity contribution in [3.63, 3.8) is 0 Å². The van der Waals surface area contributed by atoms with Gasteiger partial charge in [0.25, 0.3) is 5.82 Å². The number of nitrogens with zero attached hydrogens (tertiary/aromatic N) is 3. The van der Waals surface area contributed by atoms with Gasteiger partial charge in [0.05, 0.1) is 5.02 Å². The van der Waals surface area contributed by atoms with Crippen LogP contribution in [0.4, 0.5) is 4.39 Å². The quantitative estimate of drug-likeness (QED) is 0.928. The molecule has 94 valence electrons. The Hall–Kier alpha value is -1.95. The number of halogens is 2. The van der Waals surface area contributed by atoms with Gasteiger partial charge in [0.2, 0.25) is 0 Å². The molecular weight excluding hydrogens is 261 g/mol. The van der Waals surface area contributed by atoms with Crippen LogP contribution in [0.2, 0.25) is 5.02 Å². The maximum absolute atomic E-state index is 13.8. The minimum atomic E-state index is -1.26. The van der Waals surface area contributed by atoms with Crippen molar-refractivity contribution >= 4 is 17.6 Å². The van der Waals surface area contributed by atoms with Crippen LogP contribution in [0.25, 0.3) is 5.69 Å². The molecule has 0 spiro atoms. The van der Waals surface area contributed by atoms with E-state index in [1.807, 2.05) is 0 Å². The highest BCUT2D eigenvalue weighted by Gasteiger charge is 2.18. The third kappa shape index (κ3) is 2.06. The third-order valence-corrected chi connectivity index (χ3v) is 2.63. The van der Waals surface area contributed by atoms with Gasteiger partial charge in [0.1, 0.15) is 11.5 Å². The molecule has 0 aliphatic rings. The Kier molecular flexibility index (Phi) is 3.29. The molecule has 1 aromatic carbocycles. The Morgan fingerprint density at radius 3 is 2.89 bits per heavy atom. The van der Waals surface area contributed by atoms with Gasteiger partial charge in [-0.2, -0.15) is 0 Å². The second kappa shape index (κ2) is 4.73. The Balaban J connectivity index is 2.63. The van der Waals surface area contributed by atoms with Gasteiger partial charge >= 0.3 is 5.97 Å². The van der Waals surface area contributed by atoms with E-state index in [-0.39, 0.29) is 16.5 Å². The second-order valence-electron chi connectivity index (χ2n) is 3.50. The molecular formula is C11H9ClFN3O2. The molecule has 0 aliphatic heterocycles. The molecule has 0 amide bonds. The molecule has 0 bridgehead atoms. The van der Waals surface area contributed by atoms with Crippen molar-refractivity contribution in [2.45, 2.75) is 13.3 Å². The Morgan fingerprint density at radius 1 is 1.56 bits per heavy atom. The van der Waals surface area contributed by atoms with Crippen LogP contribution < -0.4 is 0 Å². The lowest BCUT2D eigenvalue weighted by molar-refractivity contribution is 0.0683. The summed E-state index contributed by atoms with van der Waals surface area (Å²) < 4.78 is 15.0. The fraction of sp³-hybridized carbons (Fsp3) is 0.182. The number of carboxylic acids is 1. The first kappa shape index (κ1) is 12.5. The van der Waals surface area contributed by atoms with E-state index in [2.05, 4.69) is 10.1 Å². The highest BCUT2D eigenvalue weighted by molar-refractivity contribution is 6.30. The SMILES string of the molecule is CCc1nc(C(=O)O)nn1-c1cccc(Cl)c1F. The summed E-state index contributed by atoms with van der Waals surface area (Å²) in [6.07, 6.45) is 0.423. The molecule has 2 rings (SSSR count). The zero-order valence-electron chi connectivity index (χ0n) is 9.39. The zero-order chi connectivity index (χ0) is 13.3. The van der Waals surface area contributed by atoms with Gasteiger partial charge in [-0.3, -0.25) is 0 Å². The van der Waals surface area contributed by atoms with Crippen LogP contribution in [-0.2, 0) is 6.42 Å². The molecule has 0 fully saturated rings. The van der Waals surface area contributed by atoms with Crippen LogP contribution in [0.15, 0.2) is 18.2 Å². The molecule has 1 N–H and O–H groups in total. The second-order valence-corrected chi connectivity index (χ2v) is 3.90. The van der Waals surface area contributed by atoms with E-state index in [0.717, 1.165) is 4.68 Å². The summed E-state index contributed by atoms with van der Waals surface area (Å²) >= 11 is 5.68. The number of hydrogen-bond acceptors (Lipinski definition) is 3. The summed E-state index contributed by atoms with van der Waals surface area (Å²) in [5.74, 6) is -1.93. The predicted molar refractivity (Wildman–Crippen MR) is 62.7 cm³/mol. The number of aromatic nitrogens is 3. The lowest BCUT2D eigenvalue weighted by Gasteiger charge is -2.06. The van der Waals surface area contributed by atoms with Crippen LogP contribution in [-0.4, -0.2) is 25.8 Å². The van der Waals surface area contributed by atoms with Crippen molar-refractivity contribution < 1.29 is 14.3 Å². The number of rotatable bonds is 3. The summed E-state index contributed by atoms with van der Waals surface area (Å²) in [4.78, 5) is 14.6. The standard InChI is InChI=1S/C11H9ClFN3O2/c1-2-8-14-10(11(17)18)15-16(8)7-5-3-4-6(12)9(7)13/h3-5H,2H2,1H3,(H,17,18). The fourth-order valence-electron chi connectivity index (χ4n) is 1.51. The molecule has 2 aromatic rings. The van der Waals surface area contributed by atoms with E-state index >= 15 is 0 Å². The van der Waals surface area contributed by atoms with Crippen LogP contribution in [0, 0.1) is 5.82 Å². The fourth-order valence-corrected chi connectivity index (χ4v) is 1.68. The number of benzene rings is 1. The van der Waals surface area contributed by atoms with Crippen molar-refractivity contribution in [1.82, 2.24) is 14.8 Å². The molecule has 0 radical (unpaired) electrons. The summed E-state index contributed by atoms with van der Waals surface area (Å²) in [6, 6.07) is 4.42. The van der Waals surface area contributed by atoms with Crippen molar-refractivity contribution in [3.05, 3.63) is 40.7 Å². The maximum atomic E-state index is 13.8. The van der Waals surface area contributed by atoms with E-state index < -0.39 is 11.8 Å². The van der Waals surface area contributed by atoms with Crippen LogP contribution >= 0.6 is 11.6 Å². The largest absolute Gasteiger partial charge is 0.475 e. The number of aryl methyl sites for hydroxylation is 1. The monoisotopic (exact) mass is 269 g/mol. The predicted octanol–water partition coefficient (Wildman–Crippen LogP) is 2.32. The van der Waals surface area contributed by atoms with Crippen molar-refractivity contribution in [3.8, 4) is 5.69 Å². The molecule has 1 heterocycles. The summed E-state index contributed by atoms with van der Waals surface area (Å²) in [5.41, 5.74) is 0.0827. The molecule has 0 aliphatic carbocycles. The number of aromatic carboxylic acids is 1. The average Bonchev–Trinajstić information content (AvgIpc) is 2.76. The Bertz CT molecular complexity index is 612. The Labute approximate surface area is 107 Å². The minimum Gasteiger partial charge on any atom is -0.475 e. The van der Waals surface area contributed by atoms with Crippen molar-refractivity contribution in [1.29, 1.82) is 0 Å². The summed E-state index contributed by atoms with van der Waals surface area (Å²) in [7, 11) is 0. The average molecular weight is 270 g/mol. The first-order valence-electron chi connectivity index (χ1n) is 5.18.